The molecular formula is C15H13ClN4O. The van der Waals surface area contributed by atoms with Crippen LogP contribution in [0.3, 0.4) is 0 Å². The van der Waals surface area contributed by atoms with Crippen LogP contribution in [0.1, 0.15) is 5.69 Å². The third-order valence-electron chi connectivity index (χ3n) is 2.81. The van der Waals surface area contributed by atoms with E-state index >= 15 is 0 Å². The number of pyridine rings is 1. The fourth-order valence-electron chi connectivity index (χ4n) is 1.75. The average molecular weight is 301 g/mol. The van der Waals surface area contributed by atoms with E-state index in [4.69, 9.17) is 16.3 Å². The Hall–Kier alpha value is -2.53. The van der Waals surface area contributed by atoms with Crippen LogP contribution in [0.4, 0.5) is 5.69 Å². The predicted octanol–water partition coefficient (Wildman–Crippen LogP) is 3.86. The highest BCUT2D eigenvalue weighted by Gasteiger charge is 2.00. The van der Waals surface area contributed by atoms with E-state index in [1.165, 1.54) is 0 Å². The van der Waals surface area contributed by atoms with E-state index in [-0.39, 0.29) is 0 Å². The van der Waals surface area contributed by atoms with Crippen LogP contribution in [0.5, 0.6) is 11.6 Å². The van der Waals surface area contributed by atoms with Gasteiger partial charge in [-0.05, 0) is 30.3 Å². The van der Waals surface area contributed by atoms with Crippen molar-refractivity contribution in [1.29, 1.82) is 0 Å². The maximum Gasteiger partial charge on any atom is 0.219 e. The lowest BCUT2D eigenvalue weighted by molar-refractivity contribution is 0.463. The molecule has 2 N–H and O–H groups in total. The van der Waals surface area contributed by atoms with Crippen LogP contribution in [0.2, 0.25) is 5.02 Å². The second kappa shape index (κ2) is 6.28. The molecule has 2 heterocycles. The van der Waals surface area contributed by atoms with Gasteiger partial charge in [-0.15, -0.1) is 0 Å². The number of hydrogen-bond donors (Lipinski definition) is 2. The maximum absolute atomic E-state index is 5.83. The van der Waals surface area contributed by atoms with Crippen LogP contribution in [0.15, 0.2) is 55.1 Å². The Balaban J connectivity index is 1.59. The zero-order valence-electron chi connectivity index (χ0n) is 11.1. The summed E-state index contributed by atoms with van der Waals surface area (Å²) in [6.45, 7) is 0.666. The predicted molar refractivity (Wildman–Crippen MR) is 81.7 cm³/mol. The molecule has 0 aliphatic heterocycles. The molecule has 0 unspecified atom stereocenters. The summed E-state index contributed by atoms with van der Waals surface area (Å²) in [5.74, 6) is 1.23. The highest BCUT2D eigenvalue weighted by atomic mass is 35.5. The molecule has 3 rings (SSSR count). The lowest BCUT2D eigenvalue weighted by Gasteiger charge is -2.07. The summed E-state index contributed by atoms with van der Waals surface area (Å²) in [6, 6.07) is 10.9. The molecule has 0 bridgehead atoms. The minimum atomic E-state index is 0.532. The number of hydrogen-bond acceptors (Lipinski definition) is 4. The van der Waals surface area contributed by atoms with E-state index in [0.29, 0.717) is 23.2 Å². The second-order valence-electron chi connectivity index (χ2n) is 4.37. The van der Waals surface area contributed by atoms with Crippen molar-refractivity contribution in [3.63, 3.8) is 0 Å². The van der Waals surface area contributed by atoms with Crippen molar-refractivity contribution in [1.82, 2.24) is 15.0 Å². The number of H-pyrrole nitrogens is 1. The quantitative estimate of drug-likeness (QED) is 0.751. The summed E-state index contributed by atoms with van der Waals surface area (Å²) in [5.41, 5.74) is 1.92. The van der Waals surface area contributed by atoms with Crippen molar-refractivity contribution in [2.24, 2.45) is 0 Å². The zero-order chi connectivity index (χ0) is 14.5. The summed E-state index contributed by atoms with van der Waals surface area (Å²) < 4.78 is 5.63. The summed E-state index contributed by atoms with van der Waals surface area (Å²) in [4.78, 5) is 11.2. The number of nitrogens with one attached hydrogen (secondary N) is 2. The molecular weight excluding hydrogens is 288 g/mol. The average Bonchev–Trinajstić information content (AvgIpc) is 3.02. The van der Waals surface area contributed by atoms with E-state index in [1.807, 2.05) is 12.1 Å². The molecule has 0 atom stereocenters. The third kappa shape index (κ3) is 3.73. The molecule has 106 valence electrons. The fraction of sp³-hybridized carbons (Fsp3) is 0.0667. The lowest BCUT2D eigenvalue weighted by atomic mass is 10.3. The van der Waals surface area contributed by atoms with Gasteiger partial charge in [-0.2, -0.15) is 0 Å². The van der Waals surface area contributed by atoms with Gasteiger partial charge < -0.3 is 15.0 Å². The van der Waals surface area contributed by atoms with Crippen molar-refractivity contribution in [3.05, 3.63) is 65.8 Å². The molecule has 21 heavy (non-hydrogen) atoms. The second-order valence-corrected chi connectivity index (χ2v) is 4.81. The van der Waals surface area contributed by atoms with E-state index in [2.05, 4.69) is 20.3 Å². The third-order valence-corrected chi connectivity index (χ3v) is 3.06. The molecule has 0 saturated heterocycles. The van der Waals surface area contributed by atoms with Gasteiger partial charge in [0.2, 0.25) is 5.88 Å². The van der Waals surface area contributed by atoms with Crippen LogP contribution in [0, 0.1) is 0 Å². The first-order valence-electron chi connectivity index (χ1n) is 6.40. The van der Waals surface area contributed by atoms with E-state index < -0.39 is 0 Å². The Bertz CT molecular complexity index is 681. The number of ether oxygens (including phenoxy) is 1. The highest BCUT2D eigenvalue weighted by Crippen LogP contribution is 2.22. The topological polar surface area (TPSA) is 62.8 Å². The van der Waals surface area contributed by atoms with Gasteiger partial charge in [0.1, 0.15) is 5.75 Å². The first-order chi connectivity index (χ1) is 10.3. The maximum atomic E-state index is 5.83. The number of aromatic amines is 1. The van der Waals surface area contributed by atoms with Gasteiger partial charge in [0.25, 0.3) is 0 Å². The van der Waals surface area contributed by atoms with Gasteiger partial charge >= 0.3 is 0 Å². The number of benzene rings is 1. The van der Waals surface area contributed by atoms with Gasteiger partial charge in [-0.1, -0.05) is 11.6 Å². The summed E-state index contributed by atoms with van der Waals surface area (Å²) in [7, 11) is 0. The first kappa shape index (κ1) is 13.5. The van der Waals surface area contributed by atoms with Gasteiger partial charge in [0, 0.05) is 17.3 Å². The molecule has 0 aliphatic rings. The van der Waals surface area contributed by atoms with Gasteiger partial charge in [0.15, 0.2) is 0 Å². The monoisotopic (exact) mass is 300 g/mol. The molecule has 0 saturated carbocycles. The molecule has 0 amide bonds. The van der Waals surface area contributed by atoms with Gasteiger partial charge in [-0.3, -0.25) is 0 Å². The Morgan fingerprint density at radius 1 is 1.10 bits per heavy atom. The van der Waals surface area contributed by atoms with E-state index in [0.717, 1.165) is 11.4 Å². The van der Waals surface area contributed by atoms with Crippen LogP contribution in [-0.4, -0.2) is 15.0 Å². The van der Waals surface area contributed by atoms with E-state index in [1.54, 1.807) is 43.0 Å². The normalized spacial score (nSPS) is 10.3. The summed E-state index contributed by atoms with van der Waals surface area (Å²) >= 11 is 5.83. The molecule has 5 nitrogen and oxygen atoms in total. The SMILES string of the molecule is Clc1ccc(Oc2ccc(NCc3cnc[nH]3)cn2)cc1. The number of nitrogens with zero attached hydrogens (tertiary/aromatic N) is 2. The smallest absolute Gasteiger partial charge is 0.219 e. The Labute approximate surface area is 127 Å². The molecule has 0 spiro atoms. The van der Waals surface area contributed by atoms with Crippen LogP contribution in [-0.2, 0) is 6.54 Å². The number of aromatic nitrogens is 3. The van der Waals surface area contributed by atoms with Crippen LogP contribution >= 0.6 is 11.6 Å². The van der Waals surface area contributed by atoms with Crippen molar-refractivity contribution < 1.29 is 4.74 Å². The highest BCUT2D eigenvalue weighted by molar-refractivity contribution is 6.30. The largest absolute Gasteiger partial charge is 0.439 e. The number of rotatable bonds is 5. The van der Waals surface area contributed by atoms with Crippen molar-refractivity contribution in [2.45, 2.75) is 6.54 Å². The van der Waals surface area contributed by atoms with Crippen LogP contribution < -0.4 is 10.1 Å². The number of anilines is 1. The molecule has 0 radical (unpaired) electrons. The minimum absolute atomic E-state index is 0.532. The summed E-state index contributed by atoms with van der Waals surface area (Å²) in [5, 5.41) is 3.91. The Morgan fingerprint density at radius 2 is 1.95 bits per heavy atom. The van der Waals surface area contributed by atoms with Gasteiger partial charge in [-0.25, -0.2) is 9.97 Å². The number of halogens is 1. The lowest BCUT2D eigenvalue weighted by Crippen LogP contribution is -2.00. The van der Waals surface area contributed by atoms with Crippen LogP contribution in [0.25, 0.3) is 0 Å². The van der Waals surface area contributed by atoms with Crippen molar-refractivity contribution in [3.8, 4) is 11.6 Å². The molecule has 3 aromatic rings. The number of imidazole rings is 1. The first-order valence-corrected chi connectivity index (χ1v) is 6.78. The minimum Gasteiger partial charge on any atom is -0.439 e. The standard InChI is InChI=1S/C15H13ClN4O/c16-11-1-4-14(5-2-11)21-15-6-3-12(8-19-15)18-9-13-7-17-10-20-13/h1-8,10,18H,9H2,(H,17,20). The van der Waals surface area contributed by atoms with E-state index in [9.17, 15) is 0 Å². The Morgan fingerprint density at radius 3 is 2.62 bits per heavy atom. The van der Waals surface area contributed by atoms with Crippen molar-refractivity contribution >= 4 is 17.3 Å². The molecule has 0 aliphatic carbocycles. The molecule has 0 fully saturated rings. The zero-order valence-corrected chi connectivity index (χ0v) is 11.8. The molecule has 1 aromatic carbocycles. The van der Waals surface area contributed by atoms with Crippen molar-refractivity contribution in [2.75, 3.05) is 5.32 Å². The Kier molecular flexibility index (Phi) is 4.02. The van der Waals surface area contributed by atoms with Gasteiger partial charge in [0.05, 0.1) is 30.5 Å². The molecule has 2 aromatic heterocycles. The summed E-state index contributed by atoms with van der Waals surface area (Å²) in [6.07, 6.45) is 5.15. The molecule has 6 heteroatoms. The fourth-order valence-corrected chi connectivity index (χ4v) is 1.87.